The standard InChI is InChI=1S/C53H35N3O/c1-4-13-36(14-5-1)37-23-27-41(28-24-37)55(43-31-33-50-48(35-43)46-19-10-11-22-49(46)56(50)40-17-8-3-9-18-40)42-29-25-38(26-30-42)44-20-12-21-47-45(44)32-34-51-52(47)54-53(57-51)39-15-6-2-7-16-39/h1-35H. The first-order chi connectivity index (χ1) is 28.3. The molecule has 0 bridgehead atoms. The van der Waals surface area contributed by atoms with Crippen LogP contribution >= 0.6 is 0 Å². The van der Waals surface area contributed by atoms with Gasteiger partial charge in [0.15, 0.2) is 5.58 Å². The molecule has 0 aliphatic carbocycles. The van der Waals surface area contributed by atoms with Crippen molar-refractivity contribution in [2.75, 3.05) is 4.90 Å². The second-order valence-electron chi connectivity index (χ2n) is 14.4. The predicted octanol–water partition coefficient (Wildman–Crippen LogP) is 14.5. The van der Waals surface area contributed by atoms with Gasteiger partial charge in [-0.1, -0.05) is 127 Å². The van der Waals surface area contributed by atoms with E-state index < -0.39 is 0 Å². The summed E-state index contributed by atoms with van der Waals surface area (Å²) in [6.45, 7) is 0. The maximum atomic E-state index is 6.22. The van der Waals surface area contributed by atoms with E-state index in [0.717, 1.165) is 61.3 Å². The minimum absolute atomic E-state index is 0.632. The van der Waals surface area contributed by atoms with Crippen LogP contribution in [0.3, 0.4) is 0 Å². The Morgan fingerprint density at radius 2 is 0.965 bits per heavy atom. The minimum Gasteiger partial charge on any atom is -0.436 e. The molecule has 11 rings (SSSR count). The first-order valence-corrected chi connectivity index (χ1v) is 19.3. The van der Waals surface area contributed by atoms with Gasteiger partial charge >= 0.3 is 0 Å². The average molecular weight is 730 g/mol. The fourth-order valence-electron chi connectivity index (χ4n) is 8.33. The molecule has 57 heavy (non-hydrogen) atoms. The third kappa shape index (κ3) is 5.66. The number of oxazole rings is 1. The van der Waals surface area contributed by atoms with Gasteiger partial charge in [-0.25, -0.2) is 4.98 Å². The minimum atomic E-state index is 0.632. The second kappa shape index (κ2) is 13.6. The molecule has 0 fully saturated rings. The van der Waals surface area contributed by atoms with Crippen molar-refractivity contribution in [2.45, 2.75) is 0 Å². The van der Waals surface area contributed by atoms with E-state index in [-0.39, 0.29) is 0 Å². The van der Waals surface area contributed by atoms with Crippen molar-refractivity contribution in [1.82, 2.24) is 9.55 Å². The number of para-hydroxylation sites is 2. The van der Waals surface area contributed by atoms with E-state index in [9.17, 15) is 0 Å². The fraction of sp³-hybridized carbons (Fsp3) is 0. The number of rotatable bonds is 7. The van der Waals surface area contributed by atoms with Gasteiger partial charge < -0.3 is 13.9 Å². The van der Waals surface area contributed by atoms with E-state index in [1.807, 2.05) is 36.4 Å². The largest absolute Gasteiger partial charge is 0.436 e. The predicted molar refractivity (Wildman–Crippen MR) is 237 cm³/mol. The number of aromatic nitrogens is 2. The summed E-state index contributed by atoms with van der Waals surface area (Å²) in [5, 5.41) is 4.64. The van der Waals surface area contributed by atoms with Gasteiger partial charge in [0.1, 0.15) is 5.52 Å². The molecule has 0 N–H and O–H groups in total. The first-order valence-electron chi connectivity index (χ1n) is 19.3. The molecule has 0 amide bonds. The lowest BCUT2D eigenvalue weighted by molar-refractivity contribution is 0.620. The number of anilines is 3. The zero-order valence-corrected chi connectivity index (χ0v) is 31.0. The van der Waals surface area contributed by atoms with Crippen molar-refractivity contribution in [3.8, 4) is 39.4 Å². The van der Waals surface area contributed by atoms with E-state index in [0.29, 0.717) is 5.89 Å². The van der Waals surface area contributed by atoms with Crippen molar-refractivity contribution in [1.29, 1.82) is 0 Å². The van der Waals surface area contributed by atoms with Gasteiger partial charge in [0.2, 0.25) is 5.89 Å². The van der Waals surface area contributed by atoms with Gasteiger partial charge in [-0.15, -0.1) is 0 Å². The van der Waals surface area contributed by atoms with E-state index in [2.05, 4.69) is 185 Å². The Labute approximate surface area is 330 Å². The molecule has 0 saturated heterocycles. The lowest BCUT2D eigenvalue weighted by Gasteiger charge is -2.26. The van der Waals surface area contributed by atoms with E-state index in [4.69, 9.17) is 9.40 Å². The molecule has 0 aliphatic rings. The molecular weight excluding hydrogens is 695 g/mol. The molecule has 0 spiro atoms. The van der Waals surface area contributed by atoms with Gasteiger partial charge in [-0.2, -0.15) is 0 Å². The third-order valence-corrected chi connectivity index (χ3v) is 11.0. The van der Waals surface area contributed by atoms with Crippen LogP contribution in [-0.4, -0.2) is 9.55 Å². The van der Waals surface area contributed by atoms with Crippen LogP contribution in [0, 0.1) is 0 Å². The van der Waals surface area contributed by atoms with Gasteiger partial charge in [-0.05, 0) is 113 Å². The highest BCUT2D eigenvalue weighted by atomic mass is 16.3. The zero-order valence-electron chi connectivity index (χ0n) is 31.0. The normalized spacial score (nSPS) is 11.5. The molecule has 0 unspecified atom stereocenters. The summed E-state index contributed by atoms with van der Waals surface area (Å²) in [4.78, 5) is 7.32. The van der Waals surface area contributed by atoms with E-state index >= 15 is 0 Å². The van der Waals surface area contributed by atoms with E-state index in [1.54, 1.807) is 0 Å². The van der Waals surface area contributed by atoms with Gasteiger partial charge in [0.05, 0.1) is 11.0 Å². The van der Waals surface area contributed by atoms with E-state index in [1.165, 1.54) is 32.9 Å². The highest BCUT2D eigenvalue weighted by Gasteiger charge is 2.19. The summed E-state index contributed by atoms with van der Waals surface area (Å²) >= 11 is 0. The summed E-state index contributed by atoms with van der Waals surface area (Å²) in [6.07, 6.45) is 0. The fourth-order valence-corrected chi connectivity index (χ4v) is 8.33. The van der Waals surface area contributed by atoms with Gasteiger partial charge in [0, 0.05) is 44.5 Å². The van der Waals surface area contributed by atoms with Crippen LogP contribution in [-0.2, 0) is 0 Å². The molecule has 0 saturated carbocycles. The highest BCUT2D eigenvalue weighted by molar-refractivity contribution is 6.11. The van der Waals surface area contributed by atoms with Crippen molar-refractivity contribution in [2.24, 2.45) is 0 Å². The molecule has 0 radical (unpaired) electrons. The lowest BCUT2D eigenvalue weighted by atomic mass is 9.97. The molecule has 0 atom stereocenters. The summed E-state index contributed by atoms with van der Waals surface area (Å²) in [6, 6.07) is 75.3. The first kappa shape index (κ1) is 32.7. The van der Waals surface area contributed by atoms with Crippen LogP contribution in [0.5, 0.6) is 0 Å². The Kier molecular flexibility index (Phi) is 7.78. The quantitative estimate of drug-likeness (QED) is 0.164. The van der Waals surface area contributed by atoms with Gasteiger partial charge in [-0.3, -0.25) is 0 Å². The number of fused-ring (bicyclic) bond motifs is 6. The summed E-state index contributed by atoms with van der Waals surface area (Å²) < 4.78 is 8.59. The highest BCUT2D eigenvalue weighted by Crippen LogP contribution is 2.42. The number of nitrogens with zero attached hydrogens (tertiary/aromatic N) is 3. The van der Waals surface area contributed by atoms with Crippen LogP contribution < -0.4 is 4.90 Å². The topological polar surface area (TPSA) is 34.2 Å². The van der Waals surface area contributed by atoms with Crippen LogP contribution in [0.15, 0.2) is 217 Å². The Morgan fingerprint density at radius 1 is 0.386 bits per heavy atom. The second-order valence-corrected chi connectivity index (χ2v) is 14.4. The molecule has 9 aromatic carbocycles. The van der Waals surface area contributed by atoms with Crippen molar-refractivity contribution >= 4 is 60.7 Å². The maximum absolute atomic E-state index is 6.22. The summed E-state index contributed by atoms with van der Waals surface area (Å²) in [5.41, 5.74) is 14.1. The van der Waals surface area contributed by atoms with Crippen LogP contribution in [0.25, 0.3) is 83.1 Å². The number of benzene rings is 9. The summed E-state index contributed by atoms with van der Waals surface area (Å²) in [7, 11) is 0. The molecule has 4 heteroatoms. The monoisotopic (exact) mass is 729 g/mol. The summed E-state index contributed by atoms with van der Waals surface area (Å²) in [5.74, 6) is 0.632. The molecule has 0 aliphatic heterocycles. The Morgan fingerprint density at radius 3 is 1.70 bits per heavy atom. The zero-order chi connectivity index (χ0) is 37.7. The van der Waals surface area contributed by atoms with Gasteiger partial charge in [0.25, 0.3) is 0 Å². The SMILES string of the molecule is c1ccc(-c2ccc(N(c3ccc(-c4cccc5c4ccc4oc(-c6ccccc6)nc45)cc3)c3ccc4c(c3)c3ccccc3n4-c3ccccc3)cc2)cc1. The average Bonchev–Trinajstić information content (AvgIpc) is 3.88. The third-order valence-electron chi connectivity index (χ3n) is 11.0. The number of hydrogen-bond acceptors (Lipinski definition) is 3. The molecule has 268 valence electrons. The Balaban J connectivity index is 1.03. The molecule has 2 aromatic heterocycles. The maximum Gasteiger partial charge on any atom is 0.227 e. The van der Waals surface area contributed by atoms with Crippen molar-refractivity contribution < 1.29 is 4.42 Å². The smallest absolute Gasteiger partial charge is 0.227 e. The van der Waals surface area contributed by atoms with Crippen LogP contribution in [0.2, 0.25) is 0 Å². The molecule has 4 nitrogen and oxygen atoms in total. The lowest BCUT2D eigenvalue weighted by Crippen LogP contribution is -2.10. The van der Waals surface area contributed by atoms with Crippen molar-refractivity contribution in [3.05, 3.63) is 212 Å². The Bertz CT molecular complexity index is 3200. The van der Waals surface area contributed by atoms with Crippen LogP contribution in [0.4, 0.5) is 17.1 Å². The van der Waals surface area contributed by atoms with Crippen LogP contribution in [0.1, 0.15) is 0 Å². The Hall–Kier alpha value is -7.69. The number of hydrogen-bond donors (Lipinski definition) is 0. The van der Waals surface area contributed by atoms with Crippen molar-refractivity contribution in [3.63, 3.8) is 0 Å². The molecule has 11 aromatic rings. The molecular formula is C53H35N3O. The molecule has 2 heterocycles.